The Morgan fingerprint density at radius 1 is 1.31 bits per heavy atom. The van der Waals surface area contributed by atoms with Crippen LogP contribution in [0.2, 0.25) is 0 Å². The lowest BCUT2D eigenvalue weighted by molar-refractivity contribution is 0.0527. The van der Waals surface area contributed by atoms with Crippen molar-refractivity contribution in [2.24, 2.45) is 0 Å². The van der Waals surface area contributed by atoms with Crippen LogP contribution in [0.15, 0.2) is 36.5 Å². The van der Waals surface area contributed by atoms with Crippen LogP contribution in [-0.2, 0) is 11.2 Å². The molecule has 0 saturated heterocycles. The van der Waals surface area contributed by atoms with E-state index in [4.69, 9.17) is 4.74 Å². The van der Waals surface area contributed by atoms with Crippen LogP contribution >= 0.6 is 0 Å². The highest BCUT2D eigenvalue weighted by molar-refractivity contribution is 6.05. The van der Waals surface area contributed by atoms with Crippen molar-refractivity contribution < 1.29 is 9.53 Å². The molecule has 0 fully saturated rings. The van der Waals surface area contributed by atoms with Crippen molar-refractivity contribution >= 4 is 17.0 Å². The molecule has 0 atom stereocenters. The molecule has 0 amide bonds. The number of hydrogen-bond donors (Lipinski definition) is 0. The number of ether oxygens (including phenoxy) is 1. The average molecular weight is 348 g/mol. The van der Waals surface area contributed by atoms with Gasteiger partial charge in [0.05, 0.1) is 30.3 Å². The number of nitriles is 1. The van der Waals surface area contributed by atoms with Crippen LogP contribution in [0.3, 0.4) is 0 Å². The first-order chi connectivity index (χ1) is 12.6. The maximum absolute atomic E-state index is 12.5. The van der Waals surface area contributed by atoms with Crippen LogP contribution in [0.25, 0.3) is 22.3 Å². The highest BCUT2D eigenvalue weighted by Crippen LogP contribution is 2.31. The first-order valence-electron chi connectivity index (χ1n) is 8.57. The quantitative estimate of drug-likeness (QED) is 0.653. The number of carbonyl (C=O) groups is 1. The third kappa shape index (κ3) is 3.04. The Labute approximate surface area is 152 Å². The van der Waals surface area contributed by atoms with E-state index in [0.29, 0.717) is 28.1 Å². The van der Waals surface area contributed by atoms with Gasteiger partial charge in [-0.05, 0) is 20.8 Å². The molecule has 6 heteroatoms. The predicted molar refractivity (Wildman–Crippen MR) is 98.6 cm³/mol. The summed E-state index contributed by atoms with van der Waals surface area (Å²) in [6, 6.07) is 11.9. The van der Waals surface area contributed by atoms with E-state index in [-0.39, 0.29) is 19.1 Å². The first-order valence-corrected chi connectivity index (χ1v) is 8.57. The minimum absolute atomic E-state index is 0.0301. The topological polar surface area (TPSA) is 80.8 Å². The van der Waals surface area contributed by atoms with Crippen LogP contribution in [-0.4, -0.2) is 27.1 Å². The zero-order valence-corrected chi connectivity index (χ0v) is 15.1. The molecular formula is C20H20N4O2. The third-order valence-electron chi connectivity index (χ3n) is 4.08. The number of pyridine rings is 1. The van der Waals surface area contributed by atoms with Crippen LogP contribution in [0.4, 0.5) is 0 Å². The fourth-order valence-corrected chi connectivity index (χ4v) is 3.07. The van der Waals surface area contributed by atoms with Gasteiger partial charge in [0.1, 0.15) is 16.9 Å². The lowest BCUT2D eigenvalue weighted by Gasteiger charge is -2.14. The summed E-state index contributed by atoms with van der Waals surface area (Å²) in [6.07, 6.45) is 1.70. The van der Waals surface area contributed by atoms with Crippen LogP contribution in [0, 0.1) is 11.3 Å². The van der Waals surface area contributed by atoms with Gasteiger partial charge >= 0.3 is 5.97 Å². The van der Waals surface area contributed by atoms with Gasteiger partial charge in [0.2, 0.25) is 0 Å². The number of esters is 1. The number of hydrogen-bond acceptors (Lipinski definition) is 5. The van der Waals surface area contributed by atoms with Gasteiger partial charge in [0, 0.05) is 17.8 Å². The zero-order chi connectivity index (χ0) is 18.7. The van der Waals surface area contributed by atoms with Crippen molar-refractivity contribution in [2.75, 3.05) is 6.61 Å². The number of benzene rings is 1. The Morgan fingerprint density at radius 2 is 2.04 bits per heavy atom. The van der Waals surface area contributed by atoms with Gasteiger partial charge in [0.15, 0.2) is 0 Å². The molecule has 3 aromatic rings. The summed E-state index contributed by atoms with van der Waals surface area (Å²) in [5.41, 5.74) is 3.24. The van der Waals surface area contributed by atoms with Crippen molar-refractivity contribution in [2.45, 2.75) is 33.2 Å². The molecule has 132 valence electrons. The molecule has 0 aliphatic carbocycles. The normalized spacial score (nSPS) is 10.9. The minimum Gasteiger partial charge on any atom is -0.462 e. The molecule has 6 nitrogen and oxygen atoms in total. The van der Waals surface area contributed by atoms with Crippen molar-refractivity contribution in [3.8, 4) is 17.3 Å². The Bertz CT molecular complexity index is 984. The monoisotopic (exact) mass is 348 g/mol. The maximum atomic E-state index is 12.5. The van der Waals surface area contributed by atoms with E-state index in [1.807, 2.05) is 48.7 Å². The smallest absolute Gasteiger partial charge is 0.341 e. The number of aromatic nitrogens is 3. The summed E-state index contributed by atoms with van der Waals surface area (Å²) in [7, 11) is 0. The molecular weight excluding hydrogens is 328 g/mol. The Hall–Kier alpha value is -3.20. The van der Waals surface area contributed by atoms with Crippen LogP contribution in [0.5, 0.6) is 0 Å². The summed E-state index contributed by atoms with van der Waals surface area (Å²) in [4.78, 5) is 21.6. The highest BCUT2D eigenvalue weighted by atomic mass is 16.5. The van der Waals surface area contributed by atoms with Gasteiger partial charge in [-0.25, -0.2) is 9.78 Å². The van der Waals surface area contributed by atoms with Gasteiger partial charge in [-0.15, -0.1) is 0 Å². The number of nitrogens with zero attached hydrogens (tertiary/aromatic N) is 4. The molecule has 0 aliphatic rings. The molecule has 3 rings (SSSR count). The SMILES string of the molecule is CCOC(=O)c1cnc(-c2ccccc2)c2nc(CC#N)n(C(C)C)c12. The molecule has 1 aromatic carbocycles. The Balaban J connectivity index is 2.37. The van der Waals surface area contributed by atoms with E-state index >= 15 is 0 Å². The minimum atomic E-state index is -0.435. The summed E-state index contributed by atoms with van der Waals surface area (Å²) in [5.74, 6) is 0.183. The number of carbonyl (C=O) groups excluding carboxylic acids is 1. The highest BCUT2D eigenvalue weighted by Gasteiger charge is 2.24. The van der Waals surface area contributed by atoms with E-state index in [2.05, 4.69) is 16.0 Å². The molecule has 2 heterocycles. The van der Waals surface area contributed by atoms with E-state index in [0.717, 1.165) is 5.56 Å². The van der Waals surface area contributed by atoms with Crippen LogP contribution in [0.1, 0.15) is 43.0 Å². The first kappa shape index (κ1) is 17.6. The molecule has 0 N–H and O–H groups in total. The van der Waals surface area contributed by atoms with Gasteiger partial charge in [-0.3, -0.25) is 4.98 Å². The molecule has 2 aromatic heterocycles. The number of rotatable bonds is 5. The molecule has 0 saturated carbocycles. The summed E-state index contributed by atoms with van der Waals surface area (Å²) in [5, 5.41) is 9.19. The van der Waals surface area contributed by atoms with Crippen molar-refractivity contribution in [3.63, 3.8) is 0 Å². The Morgan fingerprint density at radius 3 is 2.65 bits per heavy atom. The second kappa shape index (κ2) is 7.36. The second-order valence-corrected chi connectivity index (χ2v) is 6.13. The van der Waals surface area contributed by atoms with E-state index in [1.165, 1.54) is 0 Å². The van der Waals surface area contributed by atoms with Gasteiger partial charge < -0.3 is 9.30 Å². The largest absolute Gasteiger partial charge is 0.462 e. The lowest BCUT2D eigenvalue weighted by Crippen LogP contribution is -2.11. The summed E-state index contributed by atoms with van der Waals surface area (Å²) in [6.45, 7) is 6.04. The van der Waals surface area contributed by atoms with Gasteiger partial charge in [0.25, 0.3) is 0 Å². The van der Waals surface area contributed by atoms with E-state index < -0.39 is 5.97 Å². The molecule has 0 bridgehead atoms. The van der Waals surface area contributed by atoms with Crippen molar-refractivity contribution in [3.05, 3.63) is 47.9 Å². The van der Waals surface area contributed by atoms with Gasteiger partial charge in [-0.2, -0.15) is 5.26 Å². The number of fused-ring (bicyclic) bond motifs is 1. The molecule has 0 aliphatic heterocycles. The van der Waals surface area contributed by atoms with E-state index in [9.17, 15) is 10.1 Å². The molecule has 0 radical (unpaired) electrons. The fraction of sp³-hybridized carbons (Fsp3) is 0.300. The molecule has 26 heavy (non-hydrogen) atoms. The lowest BCUT2D eigenvalue weighted by atomic mass is 10.1. The summed E-state index contributed by atoms with van der Waals surface area (Å²) >= 11 is 0. The molecule has 0 unspecified atom stereocenters. The van der Waals surface area contributed by atoms with E-state index in [1.54, 1.807) is 13.1 Å². The van der Waals surface area contributed by atoms with Gasteiger partial charge in [-0.1, -0.05) is 30.3 Å². The number of imidazole rings is 1. The van der Waals surface area contributed by atoms with Crippen molar-refractivity contribution in [1.82, 2.24) is 14.5 Å². The molecule has 0 spiro atoms. The maximum Gasteiger partial charge on any atom is 0.341 e. The van der Waals surface area contributed by atoms with Crippen LogP contribution < -0.4 is 0 Å². The average Bonchev–Trinajstić information content (AvgIpc) is 3.01. The zero-order valence-electron chi connectivity index (χ0n) is 15.1. The third-order valence-corrected chi connectivity index (χ3v) is 4.08. The summed E-state index contributed by atoms with van der Waals surface area (Å²) < 4.78 is 7.13. The standard InChI is InChI=1S/C20H20N4O2/c1-4-26-20(25)15-12-22-17(14-8-6-5-7-9-14)18-19(15)24(13(2)3)16(23-18)10-11-21/h5-9,12-13H,4,10H2,1-3H3. The Kier molecular flexibility index (Phi) is 4.99. The van der Waals surface area contributed by atoms with Crippen molar-refractivity contribution in [1.29, 1.82) is 5.26 Å². The second-order valence-electron chi connectivity index (χ2n) is 6.13. The predicted octanol–water partition coefficient (Wildman–Crippen LogP) is 3.92. The fourth-order valence-electron chi connectivity index (χ4n) is 3.07.